The van der Waals surface area contributed by atoms with Crippen molar-refractivity contribution in [3.63, 3.8) is 0 Å². The molecule has 0 aliphatic carbocycles. The van der Waals surface area contributed by atoms with E-state index in [9.17, 15) is 18.0 Å². The number of carbonyl (C=O) groups is 2. The molecule has 3 aromatic rings. The van der Waals surface area contributed by atoms with Gasteiger partial charge in [-0.2, -0.15) is 0 Å². The Kier molecular flexibility index (Phi) is 4.65. The Labute approximate surface area is 190 Å². The van der Waals surface area contributed by atoms with Crippen LogP contribution in [0.3, 0.4) is 0 Å². The van der Waals surface area contributed by atoms with Crippen LogP contribution in [-0.4, -0.2) is 26.0 Å². The Hall–Kier alpha value is -3.16. The van der Waals surface area contributed by atoms with Crippen molar-refractivity contribution >= 4 is 44.6 Å². The van der Waals surface area contributed by atoms with Crippen molar-refractivity contribution in [2.45, 2.75) is 18.3 Å². The zero-order chi connectivity index (χ0) is 22.7. The minimum absolute atomic E-state index is 0.153. The van der Waals surface area contributed by atoms with E-state index in [4.69, 9.17) is 11.6 Å². The van der Waals surface area contributed by atoms with Crippen LogP contribution in [0.4, 0.5) is 11.4 Å². The van der Waals surface area contributed by atoms with E-state index in [0.717, 1.165) is 16.0 Å². The average molecular weight is 467 g/mol. The van der Waals surface area contributed by atoms with Gasteiger partial charge in [0, 0.05) is 16.3 Å². The van der Waals surface area contributed by atoms with E-state index in [2.05, 4.69) is 0 Å². The third-order valence-corrected chi connectivity index (χ3v) is 8.33. The van der Waals surface area contributed by atoms with Gasteiger partial charge in [-0.3, -0.25) is 14.5 Å². The molecule has 0 bridgehead atoms. The molecule has 2 heterocycles. The first kappa shape index (κ1) is 20.7. The summed E-state index contributed by atoms with van der Waals surface area (Å²) in [5.41, 5.74) is 2.89. The van der Waals surface area contributed by atoms with Crippen LogP contribution in [0.1, 0.15) is 16.7 Å². The highest BCUT2D eigenvalue weighted by molar-refractivity contribution is 7.94. The van der Waals surface area contributed by atoms with Crippen molar-refractivity contribution < 1.29 is 18.0 Å². The summed E-state index contributed by atoms with van der Waals surface area (Å²) in [6, 6.07) is 20.7. The number of nitrogens with zero attached hydrogens (tertiary/aromatic N) is 2. The van der Waals surface area contributed by atoms with E-state index in [1.807, 2.05) is 6.92 Å². The number of carbonyl (C=O) groups excluding carboxylic acids is 2. The van der Waals surface area contributed by atoms with Gasteiger partial charge in [-0.15, -0.1) is 0 Å². The van der Waals surface area contributed by atoms with E-state index >= 15 is 0 Å². The van der Waals surface area contributed by atoms with E-state index in [0.29, 0.717) is 22.0 Å². The minimum atomic E-state index is -4.17. The monoisotopic (exact) mass is 466 g/mol. The topological polar surface area (TPSA) is 74.8 Å². The lowest BCUT2D eigenvalue weighted by Crippen LogP contribution is -2.54. The Morgan fingerprint density at radius 2 is 1.59 bits per heavy atom. The summed E-state index contributed by atoms with van der Waals surface area (Å²) < 4.78 is 27.1. The molecule has 8 heteroatoms. The van der Waals surface area contributed by atoms with Crippen LogP contribution in [0.2, 0.25) is 5.02 Å². The molecule has 2 aliphatic rings. The SMILES string of the molecule is Cc1ccc(N2C(=O)CS(=O)(=O)[C@@]23C(=O)N(Cc2ccc(Cl)cc2)c2ccccc23)cc1. The maximum Gasteiger partial charge on any atom is 0.274 e. The number of aryl methyl sites for hydroxylation is 1. The van der Waals surface area contributed by atoms with Crippen LogP contribution in [-0.2, 0) is 30.8 Å². The van der Waals surface area contributed by atoms with Gasteiger partial charge in [0.15, 0.2) is 9.84 Å². The number of amides is 2. The van der Waals surface area contributed by atoms with E-state index in [-0.39, 0.29) is 6.54 Å². The molecule has 6 nitrogen and oxygen atoms in total. The fourth-order valence-corrected chi connectivity index (χ4v) is 6.67. The lowest BCUT2D eigenvalue weighted by molar-refractivity contribution is -0.123. The standard InChI is InChI=1S/C24H19ClN2O4S/c1-16-6-12-19(13-7-16)27-22(28)15-32(30,31)24(27)20-4-2-3-5-21(20)26(23(24)29)14-17-8-10-18(25)11-9-17/h2-13H,14-15H2,1H3/t24-/m0/s1. The predicted octanol–water partition coefficient (Wildman–Crippen LogP) is 3.81. The first-order chi connectivity index (χ1) is 15.3. The molecular formula is C24H19ClN2O4S. The van der Waals surface area contributed by atoms with Gasteiger partial charge < -0.3 is 4.90 Å². The Morgan fingerprint density at radius 1 is 0.938 bits per heavy atom. The lowest BCUT2D eigenvalue weighted by Gasteiger charge is -2.32. The molecule has 1 atom stereocenters. The number of rotatable bonds is 3. The van der Waals surface area contributed by atoms with Gasteiger partial charge >= 0.3 is 0 Å². The second-order valence-electron chi connectivity index (χ2n) is 8.00. The number of benzene rings is 3. The Bertz CT molecular complexity index is 1350. The molecule has 1 saturated heterocycles. The normalized spacial score (nSPS) is 21.4. The molecule has 0 saturated carbocycles. The van der Waals surface area contributed by atoms with Gasteiger partial charge in [0.05, 0.1) is 12.2 Å². The molecule has 0 radical (unpaired) electrons. The quantitative estimate of drug-likeness (QED) is 0.588. The number of hydrogen-bond acceptors (Lipinski definition) is 4. The zero-order valence-electron chi connectivity index (χ0n) is 17.2. The highest BCUT2D eigenvalue weighted by Gasteiger charge is 2.69. The van der Waals surface area contributed by atoms with Crippen LogP contribution >= 0.6 is 11.6 Å². The molecule has 5 rings (SSSR count). The highest BCUT2D eigenvalue weighted by Crippen LogP contribution is 2.52. The van der Waals surface area contributed by atoms with E-state index < -0.39 is 32.3 Å². The third kappa shape index (κ3) is 2.81. The largest absolute Gasteiger partial charge is 0.304 e. The molecule has 0 N–H and O–H groups in total. The molecule has 162 valence electrons. The zero-order valence-corrected chi connectivity index (χ0v) is 18.7. The smallest absolute Gasteiger partial charge is 0.274 e. The number of halogens is 1. The van der Waals surface area contributed by atoms with Crippen molar-refractivity contribution in [1.82, 2.24) is 0 Å². The van der Waals surface area contributed by atoms with Gasteiger partial charge in [0.2, 0.25) is 5.91 Å². The summed E-state index contributed by atoms with van der Waals surface area (Å²) in [7, 11) is -4.17. The van der Waals surface area contributed by atoms with Crippen LogP contribution in [0.25, 0.3) is 0 Å². The number of fused-ring (bicyclic) bond motifs is 2. The van der Waals surface area contributed by atoms with Crippen LogP contribution < -0.4 is 9.80 Å². The van der Waals surface area contributed by atoms with Gasteiger partial charge in [0.1, 0.15) is 5.75 Å². The fourth-order valence-electron chi connectivity index (χ4n) is 4.51. The van der Waals surface area contributed by atoms with Crippen molar-refractivity contribution in [3.05, 3.63) is 94.5 Å². The molecule has 0 unspecified atom stereocenters. The first-order valence-corrected chi connectivity index (χ1v) is 12.1. The van der Waals surface area contributed by atoms with E-state index in [1.165, 1.54) is 4.90 Å². The second-order valence-corrected chi connectivity index (χ2v) is 10.5. The molecule has 32 heavy (non-hydrogen) atoms. The summed E-state index contributed by atoms with van der Waals surface area (Å²) in [5.74, 6) is -2.00. The predicted molar refractivity (Wildman–Crippen MR) is 123 cm³/mol. The summed E-state index contributed by atoms with van der Waals surface area (Å²) in [6.45, 7) is 2.05. The number of anilines is 2. The molecule has 2 aliphatic heterocycles. The summed E-state index contributed by atoms with van der Waals surface area (Å²) in [5, 5.41) is 0.563. The summed E-state index contributed by atoms with van der Waals surface area (Å²) >= 11 is 5.98. The van der Waals surface area contributed by atoms with Crippen molar-refractivity contribution in [1.29, 1.82) is 0 Å². The molecular weight excluding hydrogens is 448 g/mol. The summed E-state index contributed by atoms with van der Waals surface area (Å²) in [4.78, 5) is 27.5. The second kappa shape index (κ2) is 7.18. The Morgan fingerprint density at radius 3 is 2.28 bits per heavy atom. The minimum Gasteiger partial charge on any atom is -0.304 e. The first-order valence-electron chi connectivity index (χ1n) is 10.0. The lowest BCUT2D eigenvalue weighted by atomic mass is 10.0. The fraction of sp³-hybridized carbons (Fsp3) is 0.167. The number of sulfone groups is 1. The van der Waals surface area contributed by atoms with Gasteiger partial charge in [0.25, 0.3) is 10.8 Å². The van der Waals surface area contributed by atoms with Crippen molar-refractivity contribution in [3.8, 4) is 0 Å². The number of hydrogen-bond donors (Lipinski definition) is 0. The van der Waals surface area contributed by atoms with Gasteiger partial charge in [-0.05, 0) is 42.8 Å². The third-order valence-electron chi connectivity index (χ3n) is 5.97. The maximum atomic E-state index is 14.0. The highest BCUT2D eigenvalue weighted by atomic mass is 35.5. The number of para-hydroxylation sites is 1. The molecule has 2 amide bonds. The van der Waals surface area contributed by atoms with Crippen LogP contribution in [0, 0.1) is 6.92 Å². The molecule has 0 aromatic heterocycles. The van der Waals surface area contributed by atoms with E-state index in [1.54, 1.807) is 72.8 Å². The molecule has 1 spiro atoms. The van der Waals surface area contributed by atoms with Crippen molar-refractivity contribution in [2.75, 3.05) is 15.6 Å². The van der Waals surface area contributed by atoms with Crippen LogP contribution in [0.15, 0.2) is 72.8 Å². The molecule has 3 aromatic carbocycles. The summed E-state index contributed by atoms with van der Waals surface area (Å²) in [6.07, 6.45) is 0. The van der Waals surface area contributed by atoms with Gasteiger partial charge in [-0.1, -0.05) is 59.6 Å². The average Bonchev–Trinajstić information content (AvgIpc) is 3.13. The van der Waals surface area contributed by atoms with Gasteiger partial charge in [-0.25, -0.2) is 8.42 Å². The maximum absolute atomic E-state index is 14.0. The van der Waals surface area contributed by atoms with Crippen molar-refractivity contribution in [2.24, 2.45) is 0 Å². The Balaban J connectivity index is 1.72. The van der Waals surface area contributed by atoms with Crippen LogP contribution in [0.5, 0.6) is 0 Å². The molecule has 1 fully saturated rings.